The highest BCUT2D eigenvalue weighted by Gasteiger charge is 2.14. The maximum atomic E-state index is 12.5. The van der Waals surface area contributed by atoms with E-state index in [-0.39, 0.29) is 5.78 Å². The molecule has 0 aliphatic carbocycles. The Kier molecular flexibility index (Phi) is 7.02. The summed E-state index contributed by atoms with van der Waals surface area (Å²) in [6.07, 6.45) is 1.90. The number of nitrogens with zero attached hydrogens (tertiary/aromatic N) is 1. The lowest BCUT2D eigenvalue weighted by atomic mass is 10.0. The molecule has 0 spiro atoms. The number of hydrogen-bond donors (Lipinski definition) is 2. The molecule has 0 saturated heterocycles. The summed E-state index contributed by atoms with van der Waals surface area (Å²) in [6.45, 7) is 0. The van der Waals surface area contributed by atoms with Crippen LogP contribution in [0, 0.1) is 0 Å². The third kappa shape index (κ3) is 3.61. The minimum atomic E-state index is 0.0763. The number of aromatic nitrogens is 1. The Morgan fingerprint density at radius 2 is 1.50 bits per heavy atom. The normalized spacial score (nSPS) is 9.32. The molecule has 3 rings (SSSR count). The van der Waals surface area contributed by atoms with Gasteiger partial charge in [-0.05, 0) is 13.1 Å². The van der Waals surface area contributed by atoms with Gasteiger partial charge in [-0.3, -0.25) is 4.79 Å². The first-order valence-electron chi connectivity index (χ1n) is 6.93. The number of benzene rings is 2. The average Bonchev–Trinajstić information content (AvgIpc) is 2.96. The third-order valence-electron chi connectivity index (χ3n) is 3.18. The predicted octanol–water partition coefficient (Wildman–Crippen LogP) is 2.59. The second-order valence-electron chi connectivity index (χ2n) is 4.37. The minimum absolute atomic E-state index is 0.0763. The summed E-state index contributed by atoms with van der Waals surface area (Å²) in [5, 5.41) is 8.01. The van der Waals surface area contributed by atoms with Crippen LogP contribution in [0.4, 0.5) is 0 Å². The SMILES string of the molecule is CN.CO.Cn1cc(C(=O)c2ccccc2)c2ccccc21. The zero-order valence-corrected chi connectivity index (χ0v) is 13.2. The lowest BCUT2D eigenvalue weighted by Crippen LogP contribution is -1.99. The molecule has 1 heterocycles. The number of aliphatic hydroxyl groups excluding tert-OH is 1. The topological polar surface area (TPSA) is 68.2 Å². The summed E-state index contributed by atoms with van der Waals surface area (Å²) in [7, 11) is 4.46. The van der Waals surface area contributed by atoms with E-state index in [1.807, 2.05) is 72.4 Å². The van der Waals surface area contributed by atoms with Crippen LogP contribution in [0.25, 0.3) is 10.9 Å². The molecule has 0 aliphatic rings. The van der Waals surface area contributed by atoms with E-state index in [9.17, 15) is 4.79 Å². The molecule has 2 aromatic carbocycles. The first-order chi connectivity index (χ1) is 10.8. The smallest absolute Gasteiger partial charge is 0.195 e. The van der Waals surface area contributed by atoms with E-state index in [1.165, 1.54) is 7.05 Å². The van der Waals surface area contributed by atoms with E-state index in [2.05, 4.69) is 5.73 Å². The monoisotopic (exact) mass is 298 g/mol. The van der Waals surface area contributed by atoms with E-state index in [0.717, 1.165) is 29.1 Å². The number of nitrogens with two attached hydrogens (primary N) is 1. The van der Waals surface area contributed by atoms with Crippen molar-refractivity contribution in [3.05, 3.63) is 71.9 Å². The molecule has 0 atom stereocenters. The van der Waals surface area contributed by atoms with Crippen LogP contribution in [0.3, 0.4) is 0 Å². The Morgan fingerprint density at radius 3 is 2.14 bits per heavy atom. The molecule has 3 N–H and O–H groups in total. The predicted molar refractivity (Wildman–Crippen MR) is 91.0 cm³/mol. The van der Waals surface area contributed by atoms with Gasteiger partial charge in [0.15, 0.2) is 5.78 Å². The van der Waals surface area contributed by atoms with Crippen molar-refractivity contribution in [2.45, 2.75) is 0 Å². The number of aryl methyl sites for hydroxylation is 1. The molecular weight excluding hydrogens is 276 g/mol. The fourth-order valence-electron chi connectivity index (χ4n) is 2.27. The number of carbonyl (C=O) groups is 1. The van der Waals surface area contributed by atoms with Crippen LogP contribution >= 0.6 is 0 Å². The molecular formula is C18H22N2O2. The molecule has 0 aliphatic heterocycles. The molecule has 3 aromatic rings. The molecule has 1 aromatic heterocycles. The fraction of sp³-hybridized carbons (Fsp3) is 0.167. The molecule has 0 saturated carbocycles. The number of ketones is 1. The average molecular weight is 298 g/mol. The van der Waals surface area contributed by atoms with Gasteiger partial charge in [0.25, 0.3) is 0 Å². The van der Waals surface area contributed by atoms with Crippen molar-refractivity contribution in [1.29, 1.82) is 0 Å². The van der Waals surface area contributed by atoms with Crippen molar-refractivity contribution in [2.75, 3.05) is 14.2 Å². The van der Waals surface area contributed by atoms with E-state index in [1.54, 1.807) is 0 Å². The highest BCUT2D eigenvalue weighted by molar-refractivity contribution is 6.16. The van der Waals surface area contributed by atoms with Crippen LogP contribution in [0.1, 0.15) is 15.9 Å². The number of hydrogen-bond acceptors (Lipinski definition) is 3. The van der Waals surface area contributed by atoms with E-state index in [0.29, 0.717) is 0 Å². The second-order valence-corrected chi connectivity index (χ2v) is 4.37. The zero-order chi connectivity index (χ0) is 16.5. The van der Waals surface area contributed by atoms with Crippen LogP contribution in [-0.2, 0) is 7.05 Å². The van der Waals surface area contributed by atoms with E-state index >= 15 is 0 Å². The van der Waals surface area contributed by atoms with Crippen molar-refractivity contribution in [2.24, 2.45) is 12.8 Å². The molecule has 22 heavy (non-hydrogen) atoms. The van der Waals surface area contributed by atoms with Gasteiger partial charge in [0.2, 0.25) is 0 Å². The minimum Gasteiger partial charge on any atom is -0.400 e. The highest BCUT2D eigenvalue weighted by atomic mass is 16.2. The fourth-order valence-corrected chi connectivity index (χ4v) is 2.27. The molecule has 116 valence electrons. The van der Waals surface area contributed by atoms with E-state index in [4.69, 9.17) is 5.11 Å². The van der Waals surface area contributed by atoms with Crippen molar-refractivity contribution in [1.82, 2.24) is 4.57 Å². The summed E-state index contributed by atoms with van der Waals surface area (Å²) in [5.41, 5.74) is 7.07. The van der Waals surface area contributed by atoms with Gasteiger partial charge in [-0.2, -0.15) is 0 Å². The largest absolute Gasteiger partial charge is 0.400 e. The van der Waals surface area contributed by atoms with Gasteiger partial charge in [-0.15, -0.1) is 0 Å². The quantitative estimate of drug-likeness (QED) is 0.715. The molecule has 0 bridgehead atoms. The van der Waals surface area contributed by atoms with E-state index < -0.39 is 0 Å². The van der Waals surface area contributed by atoms with Gasteiger partial charge in [0, 0.05) is 42.4 Å². The van der Waals surface area contributed by atoms with Crippen molar-refractivity contribution >= 4 is 16.7 Å². The van der Waals surface area contributed by atoms with Crippen LogP contribution in [-0.4, -0.2) is 29.6 Å². The standard InChI is InChI=1S/C16H13NO.CH5N.CH4O/c1-17-11-14(13-9-5-6-10-15(13)17)16(18)12-7-3-2-4-8-12;2*1-2/h2-11H,1H3;2H2,1H3;2H,1H3. The Hall–Kier alpha value is -2.43. The Labute approximate surface area is 130 Å². The summed E-state index contributed by atoms with van der Waals surface area (Å²) in [5.74, 6) is 0.0763. The summed E-state index contributed by atoms with van der Waals surface area (Å²) in [4.78, 5) is 12.5. The molecule has 0 unspecified atom stereocenters. The highest BCUT2D eigenvalue weighted by Crippen LogP contribution is 2.22. The Bertz CT molecular complexity index is 718. The van der Waals surface area contributed by atoms with Gasteiger partial charge in [0.1, 0.15) is 0 Å². The number of rotatable bonds is 2. The van der Waals surface area contributed by atoms with Crippen LogP contribution in [0.5, 0.6) is 0 Å². The Balaban J connectivity index is 0.000000561. The maximum Gasteiger partial charge on any atom is 0.195 e. The van der Waals surface area contributed by atoms with Gasteiger partial charge < -0.3 is 15.4 Å². The van der Waals surface area contributed by atoms with Gasteiger partial charge >= 0.3 is 0 Å². The van der Waals surface area contributed by atoms with Gasteiger partial charge in [0.05, 0.1) is 0 Å². The molecule has 4 heteroatoms. The lowest BCUT2D eigenvalue weighted by molar-refractivity contribution is 0.104. The number of para-hydroxylation sites is 1. The van der Waals surface area contributed by atoms with Crippen molar-refractivity contribution in [3.8, 4) is 0 Å². The summed E-state index contributed by atoms with van der Waals surface area (Å²) < 4.78 is 1.99. The van der Waals surface area contributed by atoms with Crippen molar-refractivity contribution < 1.29 is 9.90 Å². The molecule has 4 nitrogen and oxygen atoms in total. The number of aliphatic hydroxyl groups is 1. The van der Waals surface area contributed by atoms with Gasteiger partial charge in [-0.25, -0.2) is 0 Å². The Morgan fingerprint density at radius 1 is 0.955 bits per heavy atom. The van der Waals surface area contributed by atoms with Gasteiger partial charge in [-0.1, -0.05) is 48.5 Å². The van der Waals surface area contributed by atoms with Crippen LogP contribution < -0.4 is 5.73 Å². The van der Waals surface area contributed by atoms with Crippen LogP contribution in [0.15, 0.2) is 60.8 Å². The maximum absolute atomic E-state index is 12.5. The molecule has 0 radical (unpaired) electrons. The first-order valence-corrected chi connectivity index (χ1v) is 6.93. The number of carbonyl (C=O) groups excluding carboxylic acids is 1. The number of fused-ring (bicyclic) bond motifs is 1. The summed E-state index contributed by atoms with van der Waals surface area (Å²) >= 11 is 0. The summed E-state index contributed by atoms with van der Waals surface area (Å²) in [6, 6.07) is 17.4. The second kappa shape index (κ2) is 8.77. The third-order valence-corrected chi connectivity index (χ3v) is 3.18. The zero-order valence-electron chi connectivity index (χ0n) is 13.2. The molecule has 0 amide bonds. The first kappa shape index (κ1) is 17.6. The lowest BCUT2D eigenvalue weighted by Gasteiger charge is -1.98. The molecule has 0 fully saturated rings. The van der Waals surface area contributed by atoms with Crippen LogP contribution in [0.2, 0.25) is 0 Å². The van der Waals surface area contributed by atoms with Crippen molar-refractivity contribution in [3.63, 3.8) is 0 Å².